The van der Waals surface area contributed by atoms with Gasteiger partial charge in [-0.15, -0.1) is 5.73 Å². The second-order valence-corrected chi connectivity index (χ2v) is 11.2. The number of amides is 1. The normalized spacial score (nSPS) is 10.7. The summed E-state index contributed by atoms with van der Waals surface area (Å²) in [6.45, 7) is 10.9. The first-order valence-corrected chi connectivity index (χ1v) is 14.3. The number of anilines is 1. The molecule has 1 aromatic heterocycles. The molecular weight excluding hydrogens is 552 g/mol. The quantitative estimate of drug-likeness (QED) is 0.219. The van der Waals surface area contributed by atoms with Gasteiger partial charge < -0.3 is 10.0 Å². The summed E-state index contributed by atoms with van der Waals surface area (Å²) in [7, 11) is -2.19. The molecule has 0 aliphatic rings. The van der Waals surface area contributed by atoms with Crippen molar-refractivity contribution in [2.24, 2.45) is 0 Å². The van der Waals surface area contributed by atoms with Gasteiger partial charge in [-0.1, -0.05) is 48.5 Å². The molecule has 0 bridgehead atoms. The van der Waals surface area contributed by atoms with Crippen LogP contribution in [0.15, 0.2) is 94.3 Å². The summed E-state index contributed by atoms with van der Waals surface area (Å²) in [5.41, 5.74) is 5.57. The lowest BCUT2D eigenvalue weighted by atomic mass is 10.1. The Balaban J connectivity index is 1.68. The molecule has 42 heavy (non-hydrogen) atoms. The van der Waals surface area contributed by atoms with Crippen LogP contribution in [0.5, 0.6) is 5.88 Å². The van der Waals surface area contributed by atoms with Crippen LogP contribution < -0.4 is 15.2 Å². The van der Waals surface area contributed by atoms with Crippen LogP contribution in [-0.2, 0) is 21.4 Å². The largest absolute Gasteiger partial charge is 0.502 e. The summed E-state index contributed by atoms with van der Waals surface area (Å²) in [6, 6.07) is 23.1. The van der Waals surface area contributed by atoms with Crippen LogP contribution in [0.3, 0.4) is 0 Å². The number of carbonyl (C=O) groups is 1. The van der Waals surface area contributed by atoms with Crippen molar-refractivity contribution < 1.29 is 18.3 Å². The third kappa shape index (κ3) is 6.50. The molecule has 4 rings (SSSR count). The Morgan fingerprint density at radius 2 is 1.76 bits per heavy atom. The smallest absolute Gasteiger partial charge is 0.264 e. The SMILES string of the molecule is [C-]#[N+]c1c(C)c(C=C=Cc2ccc(N(C)Cc3ccccc3)cc2)c(=O)n(-c2cccc(S(=O)(=O)NC(C)=O)c2)c1O. The number of nitrogens with zero attached hydrogens (tertiary/aromatic N) is 3. The Bertz CT molecular complexity index is 1920. The second-order valence-electron chi connectivity index (χ2n) is 9.51. The Morgan fingerprint density at radius 3 is 2.40 bits per heavy atom. The minimum Gasteiger partial charge on any atom is -0.502 e. The van der Waals surface area contributed by atoms with Crippen LogP contribution in [0.1, 0.15) is 29.2 Å². The summed E-state index contributed by atoms with van der Waals surface area (Å²) in [6.07, 6.45) is 3.12. The van der Waals surface area contributed by atoms with Crippen molar-refractivity contribution in [1.82, 2.24) is 9.29 Å². The van der Waals surface area contributed by atoms with Gasteiger partial charge in [-0.25, -0.2) is 18.0 Å². The van der Waals surface area contributed by atoms with Gasteiger partial charge in [0.25, 0.3) is 15.6 Å². The maximum atomic E-state index is 13.5. The molecule has 212 valence electrons. The summed E-state index contributed by atoms with van der Waals surface area (Å²) in [4.78, 5) is 30.1. The molecule has 0 aliphatic carbocycles. The van der Waals surface area contributed by atoms with Crippen LogP contribution in [0, 0.1) is 13.5 Å². The first-order valence-electron chi connectivity index (χ1n) is 12.8. The molecule has 4 aromatic rings. The van der Waals surface area contributed by atoms with Crippen molar-refractivity contribution in [3.05, 3.63) is 129 Å². The zero-order chi connectivity index (χ0) is 30.4. The molecule has 3 aromatic carbocycles. The van der Waals surface area contributed by atoms with E-state index in [4.69, 9.17) is 6.57 Å². The number of hydrogen-bond donors (Lipinski definition) is 2. The molecule has 1 heterocycles. The fourth-order valence-electron chi connectivity index (χ4n) is 4.35. The van der Waals surface area contributed by atoms with Gasteiger partial charge in [-0.3, -0.25) is 14.2 Å². The Morgan fingerprint density at radius 1 is 1.07 bits per heavy atom. The molecule has 10 heteroatoms. The zero-order valence-electron chi connectivity index (χ0n) is 23.2. The Labute approximate surface area is 244 Å². The molecule has 0 spiro atoms. The average molecular weight is 581 g/mol. The van der Waals surface area contributed by atoms with Crippen LogP contribution in [-0.4, -0.2) is 31.0 Å². The average Bonchev–Trinajstić information content (AvgIpc) is 2.95. The number of aromatic hydroxyl groups is 1. The van der Waals surface area contributed by atoms with Crippen molar-refractivity contribution in [2.45, 2.75) is 25.3 Å². The van der Waals surface area contributed by atoms with E-state index in [0.29, 0.717) is 0 Å². The highest BCUT2D eigenvalue weighted by Gasteiger charge is 2.21. The lowest BCUT2D eigenvalue weighted by Crippen LogP contribution is -2.28. The minimum atomic E-state index is -4.20. The number of rotatable bonds is 8. The van der Waals surface area contributed by atoms with Crippen LogP contribution in [0.4, 0.5) is 11.4 Å². The number of pyridine rings is 1. The standard InChI is InChI=1S/C32H28N4O5S/c1-22-29(15-8-12-24-16-18-26(19-17-24)35(4)21-25-10-6-5-7-11-25)31(38)36(32(39)30(22)33-3)27-13-9-14-28(20-27)42(40,41)34-23(2)37/h5-7,9-20,39H,21H2,1-2,4H3,(H,34,37). The highest BCUT2D eigenvalue weighted by atomic mass is 32.2. The van der Waals surface area contributed by atoms with E-state index in [1.54, 1.807) is 13.0 Å². The highest BCUT2D eigenvalue weighted by molar-refractivity contribution is 7.90. The first kappa shape index (κ1) is 29.6. The molecule has 0 saturated carbocycles. The monoisotopic (exact) mass is 580 g/mol. The Hall–Kier alpha value is -5.36. The highest BCUT2D eigenvalue weighted by Crippen LogP contribution is 2.33. The zero-order valence-corrected chi connectivity index (χ0v) is 24.0. The van der Waals surface area contributed by atoms with Crippen LogP contribution in [0.25, 0.3) is 22.7 Å². The van der Waals surface area contributed by atoms with Gasteiger partial charge in [-0.05, 0) is 66.1 Å². The number of nitrogens with one attached hydrogen (secondary N) is 1. The topological polar surface area (TPSA) is 113 Å². The lowest BCUT2D eigenvalue weighted by Gasteiger charge is -2.19. The number of benzene rings is 3. The number of carbonyl (C=O) groups excluding carboxylic acids is 1. The summed E-state index contributed by atoms with van der Waals surface area (Å²) >= 11 is 0. The lowest BCUT2D eigenvalue weighted by molar-refractivity contribution is -0.117. The molecule has 1 amide bonds. The van der Waals surface area contributed by atoms with Gasteiger partial charge in [-0.2, -0.15) is 0 Å². The number of aromatic nitrogens is 1. The van der Waals surface area contributed by atoms with Gasteiger partial charge in [0.05, 0.1) is 17.2 Å². The van der Waals surface area contributed by atoms with Crippen LogP contribution in [0.2, 0.25) is 0 Å². The predicted molar refractivity (Wildman–Crippen MR) is 163 cm³/mol. The molecule has 0 fully saturated rings. The fourth-order valence-corrected chi connectivity index (χ4v) is 5.38. The molecule has 0 unspecified atom stereocenters. The van der Waals surface area contributed by atoms with E-state index in [0.717, 1.165) is 35.4 Å². The van der Waals surface area contributed by atoms with Crippen molar-refractivity contribution in [3.8, 4) is 11.6 Å². The van der Waals surface area contributed by atoms with E-state index in [1.807, 2.05) is 54.2 Å². The molecular formula is C32H28N4O5S. The first-order chi connectivity index (χ1) is 20.0. The maximum Gasteiger partial charge on any atom is 0.264 e. The second kappa shape index (κ2) is 12.4. The Kier molecular flexibility index (Phi) is 8.77. The van der Waals surface area contributed by atoms with Crippen LogP contribution >= 0.6 is 0 Å². The van der Waals surface area contributed by atoms with Gasteiger partial charge in [0, 0.05) is 31.8 Å². The third-order valence-electron chi connectivity index (χ3n) is 6.47. The fraction of sp³-hybridized carbons (Fsp3) is 0.125. The third-order valence-corrected chi connectivity index (χ3v) is 7.90. The summed E-state index contributed by atoms with van der Waals surface area (Å²) in [5, 5.41) is 10.8. The molecule has 0 saturated heterocycles. The van der Waals surface area contributed by atoms with E-state index in [-0.39, 0.29) is 27.4 Å². The van der Waals surface area contributed by atoms with Crippen molar-refractivity contribution >= 4 is 39.5 Å². The van der Waals surface area contributed by atoms with E-state index < -0.39 is 27.4 Å². The van der Waals surface area contributed by atoms with Crippen molar-refractivity contribution in [2.75, 3.05) is 11.9 Å². The molecule has 9 nitrogen and oxygen atoms in total. The maximum absolute atomic E-state index is 13.5. The number of sulfonamides is 1. The van der Waals surface area contributed by atoms with Crippen molar-refractivity contribution in [1.29, 1.82) is 0 Å². The number of hydrogen-bond acceptors (Lipinski definition) is 6. The van der Waals surface area contributed by atoms with Gasteiger partial charge >= 0.3 is 0 Å². The molecule has 0 radical (unpaired) electrons. The predicted octanol–water partition coefficient (Wildman–Crippen LogP) is 5.19. The molecule has 2 N–H and O–H groups in total. The van der Waals surface area contributed by atoms with Gasteiger partial charge in [0.15, 0.2) is 0 Å². The van der Waals surface area contributed by atoms with Gasteiger partial charge in [0.1, 0.15) is 0 Å². The minimum absolute atomic E-state index is 0.00247. The summed E-state index contributed by atoms with van der Waals surface area (Å²) in [5.74, 6) is -1.41. The summed E-state index contributed by atoms with van der Waals surface area (Å²) < 4.78 is 27.7. The van der Waals surface area contributed by atoms with Crippen molar-refractivity contribution in [3.63, 3.8) is 0 Å². The molecule has 0 aliphatic heterocycles. The molecule has 0 atom stereocenters. The van der Waals surface area contributed by atoms with Gasteiger partial charge in [0.2, 0.25) is 17.5 Å². The van der Waals surface area contributed by atoms with E-state index in [9.17, 15) is 23.1 Å². The van der Waals surface area contributed by atoms with E-state index >= 15 is 0 Å². The van der Waals surface area contributed by atoms with E-state index in [1.165, 1.54) is 29.8 Å². The van der Waals surface area contributed by atoms with E-state index in [2.05, 4.69) is 27.6 Å².